The van der Waals surface area contributed by atoms with E-state index in [-0.39, 0.29) is 16.5 Å². The highest BCUT2D eigenvalue weighted by atomic mass is 16.3. The Morgan fingerprint density at radius 3 is 1.29 bits per heavy atom. The standard InChI is InChI=1S/C96H61N9O2/c1-95(2,3)59-31-37-81-72(46-59)73-47-60(96(4,5)50-55-30-34-68-70-36-41-85-91(93(70)107-90(68)42-55)71-23-10-16-28-80(71)105(85)88-45-57(52-98)56(51-97)44-87(88)104-78-26-14-8-20-65(78)66-21-9-15-27-79(66)104)32-38-82(73)103(81)86-49-62(43-58(53-99)75(86)54-100)102-83-39-33-61(101-76-24-12-6-18-63(76)64-19-7-13-25-77(64)101)48-74(83)92-84(102)40-35-69-67-22-11-17-29-89(67)106-94(69)92/h6-49H,50H2,1-5H3. The van der Waals surface area contributed by atoms with Gasteiger partial charge in [0, 0.05) is 76.0 Å². The summed E-state index contributed by atoms with van der Waals surface area (Å²) < 4.78 is 25.3. The quantitative estimate of drug-likeness (QED) is 0.148. The lowest BCUT2D eigenvalue weighted by atomic mass is 9.78. The summed E-state index contributed by atoms with van der Waals surface area (Å²) in [6, 6.07) is 103. The maximum Gasteiger partial charge on any atom is 0.145 e. The Morgan fingerprint density at radius 2 is 0.710 bits per heavy atom. The van der Waals surface area contributed by atoms with Crippen LogP contribution in [0, 0.1) is 45.3 Å². The van der Waals surface area contributed by atoms with Gasteiger partial charge < -0.3 is 31.7 Å². The van der Waals surface area contributed by atoms with Crippen LogP contribution < -0.4 is 0 Å². The maximum absolute atomic E-state index is 11.4. The lowest BCUT2D eigenvalue weighted by molar-refractivity contribution is 0.523. The van der Waals surface area contributed by atoms with Gasteiger partial charge in [-0.3, -0.25) is 0 Å². The van der Waals surface area contributed by atoms with Gasteiger partial charge in [0.15, 0.2) is 0 Å². The molecular weight excluding hydrogens is 1310 g/mol. The predicted molar refractivity (Wildman–Crippen MR) is 433 cm³/mol. The Bertz CT molecular complexity index is 7640. The molecule has 11 heteroatoms. The molecule has 0 unspecified atom stereocenters. The molecule has 0 N–H and O–H groups in total. The van der Waals surface area contributed by atoms with Crippen LogP contribution in [0.25, 0.3) is 181 Å². The summed E-state index contributed by atoms with van der Waals surface area (Å²) in [5.41, 5.74) is 20.7. The topological polar surface area (TPSA) is 146 Å². The van der Waals surface area contributed by atoms with E-state index in [4.69, 9.17) is 8.83 Å². The van der Waals surface area contributed by atoms with Gasteiger partial charge in [0.1, 0.15) is 46.6 Å². The fraction of sp³-hybridized carbons (Fsp3) is 0.0833. The number of para-hydroxylation sites is 6. The molecule has 7 aromatic heterocycles. The molecule has 0 saturated carbocycles. The number of hydrogen-bond acceptors (Lipinski definition) is 6. The van der Waals surface area contributed by atoms with Gasteiger partial charge in [-0.1, -0.05) is 168 Å². The van der Waals surface area contributed by atoms with Gasteiger partial charge in [-0.05, 0) is 167 Å². The first-order chi connectivity index (χ1) is 52.3. The summed E-state index contributed by atoms with van der Waals surface area (Å²) in [6.07, 6.45) is 0.683. The van der Waals surface area contributed by atoms with Gasteiger partial charge in [-0.25, -0.2) is 0 Å². The summed E-state index contributed by atoms with van der Waals surface area (Å²) in [7, 11) is 0. The average Bonchev–Trinajstić information content (AvgIpc) is 1.56. The third kappa shape index (κ3) is 8.72. The molecule has 0 aliphatic heterocycles. The Balaban J connectivity index is 0.703. The number of fused-ring (bicyclic) bond motifs is 23. The number of nitrogens with zero attached hydrogens (tertiary/aromatic N) is 9. The lowest BCUT2D eigenvalue weighted by Crippen LogP contribution is -2.20. The highest BCUT2D eigenvalue weighted by Crippen LogP contribution is 2.48. The second-order valence-electron chi connectivity index (χ2n) is 30.2. The first kappa shape index (κ1) is 61.3. The first-order valence-electron chi connectivity index (χ1n) is 36.1. The number of aromatic nitrogens is 5. The summed E-state index contributed by atoms with van der Waals surface area (Å²) >= 11 is 0. The van der Waals surface area contributed by atoms with Crippen molar-refractivity contribution in [2.24, 2.45) is 0 Å². The van der Waals surface area contributed by atoms with Crippen molar-refractivity contribution < 1.29 is 8.83 Å². The summed E-state index contributed by atoms with van der Waals surface area (Å²) in [5.74, 6) is 0. The zero-order valence-electron chi connectivity index (χ0n) is 59.0. The molecule has 21 aromatic rings. The second-order valence-corrected chi connectivity index (χ2v) is 30.2. The van der Waals surface area contributed by atoms with Crippen molar-refractivity contribution in [1.82, 2.24) is 22.8 Å². The van der Waals surface area contributed by atoms with Gasteiger partial charge in [-0.2, -0.15) is 21.0 Å². The summed E-state index contributed by atoms with van der Waals surface area (Å²) in [6.45, 7) is 11.3. The van der Waals surface area contributed by atoms with Crippen LogP contribution in [0.1, 0.15) is 73.6 Å². The van der Waals surface area contributed by atoms with Crippen molar-refractivity contribution >= 4 is 153 Å². The Morgan fingerprint density at radius 1 is 0.290 bits per heavy atom. The molecule has 107 heavy (non-hydrogen) atoms. The molecule has 21 rings (SSSR count). The number of furan rings is 2. The molecule has 502 valence electrons. The number of rotatable bonds is 8. The minimum atomic E-state index is -0.406. The van der Waals surface area contributed by atoms with Crippen molar-refractivity contribution in [1.29, 1.82) is 21.0 Å². The van der Waals surface area contributed by atoms with Gasteiger partial charge in [0.2, 0.25) is 0 Å². The molecule has 0 aliphatic rings. The van der Waals surface area contributed by atoms with E-state index < -0.39 is 5.41 Å². The minimum absolute atomic E-state index is 0.183. The van der Waals surface area contributed by atoms with Crippen LogP contribution in [0.15, 0.2) is 276 Å². The SMILES string of the molecule is CC(C)(C)c1ccc2c(c1)c1cc(C(C)(C)Cc3ccc4c(c3)oc3c4ccc4c3c3ccccc3n4-c3cc(C#N)c(C#N)cc3-n3c4ccccc4c4ccccc43)ccc1n2-c1cc(-n2c3ccc(-n4c5ccccc5c5ccccc54)cc3c3c4oc5ccccc5c4ccc32)cc(C#N)c1C#N. The maximum atomic E-state index is 11.4. The van der Waals surface area contributed by atoms with Gasteiger partial charge in [0.25, 0.3) is 0 Å². The highest BCUT2D eigenvalue weighted by molar-refractivity contribution is 6.26. The van der Waals surface area contributed by atoms with Gasteiger partial charge >= 0.3 is 0 Å². The van der Waals surface area contributed by atoms with Crippen LogP contribution in [0.2, 0.25) is 0 Å². The second kappa shape index (κ2) is 22.3. The normalized spacial score (nSPS) is 12.3. The van der Waals surface area contributed by atoms with Crippen molar-refractivity contribution in [3.05, 3.63) is 306 Å². The molecular formula is C96H61N9O2. The Hall–Kier alpha value is -14.4. The van der Waals surface area contributed by atoms with Crippen LogP contribution in [-0.4, -0.2) is 22.8 Å². The van der Waals surface area contributed by atoms with Crippen LogP contribution in [0.5, 0.6) is 0 Å². The van der Waals surface area contributed by atoms with E-state index in [1.54, 1.807) is 0 Å². The van der Waals surface area contributed by atoms with Crippen LogP contribution in [-0.2, 0) is 17.3 Å². The molecule has 0 fully saturated rings. The molecule has 0 bridgehead atoms. The van der Waals surface area contributed by atoms with E-state index in [1.807, 2.05) is 54.6 Å². The highest BCUT2D eigenvalue weighted by Gasteiger charge is 2.30. The zero-order valence-corrected chi connectivity index (χ0v) is 59.0. The fourth-order valence-corrected chi connectivity index (χ4v) is 17.8. The molecule has 14 aromatic carbocycles. The molecule has 7 heterocycles. The van der Waals surface area contributed by atoms with Crippen LogP contribution >= 0.6 is 0 Å². The van der Waals surface area contributed by atoms with E-state index in [9.17, 15) is 21.0 Å². The van der Waals surface area contributed by atoms with Gasteiger partial charge in [-0.15, -0.1) is 0 Å². The number of benzene rings is 14. The molecule has 11 nitrogen and oxygen atoms in total. The van der Waals surface area contributed by atoms with E-state index >= 15 is 0 Å². The van der Waals surface area contributed by atoms with Crippen LogP contribution in [0.4, 0.5) is 0 Å². The Kier molecular flexibility index (Phi) is 12.8. The van der Waals surface area contributed by atoms with E-state index in [0.29, 0.717) is 23.2 Å². The molecule has 0 amide bonds. The van der Waals surface area contributed by atoms with Crippen LogP contribution in [0.3, 0.4) is 0 Å². The Labute approximate surface area is 612 Å². The van der Waals surface area contributed by atoms with Crippen molar-refractivity contribution in [3.63, 3.8) is 0 Å². The predicted octanol–water partition coefficient (Wildman–Crippen LogP) is 24.3. The zero-order chi connectivity index (χ0) is 72.0. The third-order valence-corrected chi connectivity index (χ3v) is 22.7. The molecule has 0 radical (unpaired) electrons. The monoisotopic (exact) mass is 1370 g/mol. The lowest BCUT2D eigenvalue weighted by Gasteiger charge is -2.26. The number of nitriles is 4. The molecule has 0 spiro atoms. The fourth-order valence-electron chi connectivity index (χ4n) is 17.8. The third-order valence-electron chi connectivity index (χ3n) is 22.7. The molecule has 0 atom stereocenters. The van der Waals surface area contributed by atoms with Crippen molar-refractivity contribution in [2.45, 2.75) is 51.9 Å². The van der Waals surface area contributed by atoms with E-state index in [0.717, 1.165) is 176 Å². The molecule has 0 aliphatic carbocycles. The first-order valence-corrected chi connectivity index (χ1v) is 36.1. The van der Waals surface area contributed by atoms with Crippen molar-refractivity contribution in [3.8, 4) is 52.7 Å². The summed E-state index contributed by atoms with van der Waals surface area (Å²) in [5, 5.41) is 58.5. The summed E-state index contributed by atoms with van der Waals surface area (Å²) in [4.78, 5) is 0. The average molecular weight is 1370 g/mol. The van der Waals surface area contributed by atoms with E-state index in [1.165, 1.54) is 16.3 Å². The van der Waals surface area contributed by atoms with Gasteiger partial charge in [0.05, 0.1) is 105 Å². The van der Waals surface area contributed by atoms with E-state index in [2.05, 4.69) is 294 Å². The minimum Gasteiger partial charge on any atom is -0.455 e. The molecule has 0 saturated heterocycles. The smallest absolute Gasteiger partial charge is 0.145 e. The number of hydrogen-bond donors (Lipinski definition) is 0. The van der Waals surface area contributed by atoms with Crippen molar-refractivity contribution in [2.75, 3.05) is 0 Å². The largest absolute Gasteiger partial charge is 0.455 e.